The first-order valence-electron chi connectivity index (χ1n) is 11.4. The van der Waals surface area contributed by atoms with E-state index in [1.165, 1.54) is 5.56 Å². The lowest BCUT2D eigenvalue weighted by atomic mass is 10.1. The van der Waals surface area contributed by atoms with E-state index in [4.69, 9.17) is 14.6 Å². The maximum Gasteiger partial charge on any atom is 0.490 e. The monoisotopic (exact) mass is 509 g/mol. The van der Waals surface area contributed by atoms with Crippen molar-refractivity contribution < 1.29 is 37.4 Å². The van der Waals surface area contributed by atoms with Gasteiger partial charge in [0.1, 0.15) is 5.75 Å². The quantitative estimate of drug-likeness (QED) is 0.568. The second kappa shape index (κ2) is 14.1. The molecule has 0 saturated carbocycles. The van der Waals surface area contributed by atoms with Crippen molar-refractivity contribution in [1.82, 2.24) is 15.1 Å². The van der Waals surface area contributed by atoms with Gasteiger partial charge in [0.25, 0.3) is 5.91 Å². The Hall–Kier alpha value is -3.60. The SMILES string of the molecule is COc1ccc(C(=O)N(CCC(=O)N2CCNCC2)CCc2ccccc2)cc1.O=C(O)C(F)(F)F. The Morgan fingerprint density at radius 1 is 1.00 bits per heavy atom. The number of nitrogens with one attached hydrogen (secondary N) is 1. The fourth-order valence-corrected chi connectivity index (χ4v) is 3.44. The van der Waals surface area contributed by atoms with E-state index in [-0.39, 0.29) is 11.8 Å². The Morgan fingerprint density at radius 2 is 1.58 bits per heavy atom. The Bertz CT molecular complexity index is 979. The highest BCUT2D eigenvalue weighted by molar-refractivity contribution is 5.94. The summed E-state index contributed by atoms with van der Waals surface area (Å²) in [6.45, 7) is 4.11. The van der Waals surface area contributed by atoms with Gasteiger partial charge < -0.3 is 25.0 Å². The van der Waals surface area contributed by atoms with Gasteiger partial charge in [-0.05, 0) is 36.2 Å². The van der Waals surface area contributed by atoms with Crippen LogP contribution in [0.3, 0.4) is 0 Å². The van der Waals surface area contributed by atoms with Gasteiger partial charge in [0, 0.05) is 51.3 Å². The molecule has 0 aromatic heterocycles. The van der Waals surface area contributed by atoms with Crippen LogP contribution in [-0.4, -0.2) is 85.2 Å². The number of carboxylic acid groups (broad SMARTS) is 1. The first kappa shape index (κ1) is 28.6. The van der Waals surface area contributed by atoms with Crippen molar-refractivity contribution in [2.75, 3.05) is 46.4 Å². The summed E-state index contributed by atoms with van der Waals surface area (Å²) in [5.41, 5.74) is 1.78. The number of amides is 2. The zero-order valence-electron chi connectivity index (χ0n) is 20.0. The Balaban J connectivity index is 0.000000572. The first-order chi connectivity index (χ1) is 17.1. The largest absolute Gasteiger partial charge is 0.497 e. The van der Waals surface area contributed by atoms with Gasteiger partial charge in [0.05, 0.1) is 7.11 Å². The number of carbonyl (C=O) groups excluding carboxylic acids is 2. The number of rotatable bonds is 8. The molecule has 196 valence electrons. The number of aliphatic carboxylic acids is 1. The molecule has 0 bridgehead atoms. The van der Waals surface area contributed by atoms with Crippen LogP contribution < -0.4 is 10.1 Å². The third-order valence-electron chi connectivity index (χ3n) is 5.45. The van der Waals surface area contributed by atoms with E-state index in [9.17, 15) is 22.8 Å². The molecule has 2 amide bonds. The average Bonchev–Trinajstić information content (AvgIpc) is 2.89. The van der Waals surface area contributed by atoms with Crippen LogP contribution in [0.1, 0.15) is 22.3 Å². The molecule has 0 radical (unpaired) electrons. The maximum atomic E-state index is 13.1. The molecule has 0 spiro atoms. The van der Waals surface area contributed by atoms with Gasteiger partial charge in [-0.2, -0.15) is 13.2 Å². The van der Waals surface area contributed by atoms with Crippen LogP contribution in [0.15, 0.2) is 54.6 Å². The van der Waals surface area contributed by atoms with Gasteiger partial charge in [-0.25, -0.2) is 4.79 Å². The summed E-state index contributed by atoms with van der Waals surface area (Å²) in [6.07, 6.45) is -3.98. The number of methoxy groups -OCH3 is 1. The van der Waals surface area contributed by atoms with Gasteiger partial charge in [-0.3, -0.25) is 9.59 Å². The third kappa shape index (κ3) is 9.57. The number of carbonyl (C=O) groups is 3. The molecule has 36 heavy (non-hydrogen) atoms. The average molecular weight is 510 g/mol. The first-order valence-corrected chi connectivity index (χ1v) is 11.4. The minimum absolute atomic E-state index is 0.0586. The molecule has 1 heterocycles. The number of benzene rings is 2. The molecule has 11 heteroatoms. The lowest BCUT2D eigenvalue weighted by Crippen LogP contribution is -2.47. The van der Waals surface area contributed by atoms with Crippen molar-refractivity contribution >= 4 is 17.8 Å². The van der Waals surface area contributed by atoms with Crippen molar-refractivity contribution in [3.8, 4) is 5.75 Å². The summed E-state index contributed by atoms with van der Waals surface area (Å²) in [4.78, 5) is 38.2. The Labute approximate surface area is 207 Å². The smallest absolute Gasteiger partial charge is 0.490 e. The highest BCUT2D eigenvalue weighted by Crippen LogP contribution is 2.15. The molecule has 2 aromatic rings. The highest BCUT2D eigenvalue weighted by Gasteiger charge is 2.38. The molecule has 8 nitrogen and oxygen atoms in total. The zero-order chi connectivity index (χ0) is 26.6. The van der Waals surface area contributed by atoms with Crippen molar-refractivity contribution in [1.29, 1.82) is 0 Å². The van der Waals surface area contributed by atoms with E-state index in [1.54, 1.807) is 36.3 Å². The van der Waals surface area contributed by atoms with Crippen LogP contribution >= 0.6 is 0 Å². The molecular formula is C25H30F3N3O5. The van der Waals surface area contributed by atoms with E-state index in [1.807, 2.05) is 23.1 Å². The van der Waals surface area contributed by atoms with E-state index in [0.29, 0.717) is 30.8 Å². The molecule has 1 aliphatic rings. The molecule has 2 aromatic carbocycles. The van der Waals surface area contributed by atoms with Crippen LogP contribution in [0.4, 0.5) is 13.2 Å². The molecule has 1 fully saturated rings. The van der Waals surface area contributed by atoms with Crippen molar-refractivity contribution in [2.24, 2.45) is 0 Å². The highest BCUT2D eigenvalue weighted by atomic mass is 19.4. The van der Waals surface area contributed by atoms with Gasteiger partial charge in [0.2, 0.25) is 5.91 Å². The van der Waals surface area contributed by atoms with Crippen molar-refractivity contribution in [3.05, 3.63) is 65.7 Å². The lowest BCUT2D eigenvalue weighted by molar-refractivity contribution is -0.192. The summed E-state index contributed by atoms with van der Waals surface area (Å²) < 4.78 is 36.9. The standard InChI is InChI=1S/C23H29N3O3.C2HF3O2/c1-29-21-9-7-20(8-10-21)23(28)26(15-11-19-5-3-2-4-6-19)16-12-22(27)25-17-13-24-14-18-25;3-2(4,5)1(6)7/h2-10,24H,11-18H2,1H3;(H,6,7). The number of halogens is 3. The van der Waals surface area contributed by atoms with E-state index in [0.717, 1.165) is 32.6 Å². The molecule has 0 unspecified atom stereocenters. The summed E-state index contributed by atoms with van der Waals surface area (Å²) in [5, 5.41) is 10.4. The van der Waals surface area contributed by atoms with Crippen molar-refractivity contribution in [2.45, 2.75) is 19.0 Å². The number of hydrogen-bond donors (Lipinski definition) is 2. The molecule has 1 aliphatic heterocycles. The van der Waals surface area contributed by atoms with Crippen LogP contribution in [0.2, 0.25) is 0 Å². The summed E-state index contributed by atoms with van der Waals surface area (Å²) >= 11 is 0. The third-order valence-corrected chi connectivity index (χ3v) is 5.45. The Morgan fingerprint density at radius 3 is 2.11 bits per heavy atom. The Kier molecular flexibility index (Phi) is 11.2. The van der Waals surface area contributed by atoms with Gasteiger partial charge in [-0.1, -0.05) is 30.3 Å². The topological polar surface area (TPSA) is 99.2 Å². The second-order valence-electron chi connectivity index (χ2n) is 7.94. The van der Waals surface area contributed by atoms with E-state index in [2.05, 4.69) is 17.4 Å². The van der Waals surface area contributed by atoms with Gasteiger partial charge in [-0.15, -0.1) is 0 Å². The molecule has 2 N–H and O–H groups in total. The zero-order valence-corrected chi connectivity index (χ0v) is 20.0. The predicted octanol–water partition coefficient (Wildman–Crippen LogP) is 2.84. The number of piperazine rings is 1. The van der Waals surface area contributed by atoms with Crippen LogP contribution in [0, 0.1) is 0 Å². The summed E-state index contributed by atoms with van der Waals surface area (Å²) in [7, 11) is 1.60. The number of hydrogen-bond acceptors (Lipinski definition) is 5. The predicted molar refractivity (Wildman–Crippen MR) is 127 cm³/mol. The molecular weight excluding hydrogens is 479 g/mol. The molecule has 1 saturated heterocycles. The second-order valence-corrected chi connectivity index (χ2v) is 7.94. The summed E-state index contributed by atoms with van der Waals surface area (Å²) in [5.74, 6) is -1.99. The van der Waals surface area contributed by atoms with Gasteiger partial charge >= 0.3 is 12.1 Å². The van der Waals surface area contributed by atoms with E-state index < -0.39 is 12.1 Å². The number of nitrogens with zero attached hydrogens (tertiary/aromatic N) is 2. The minimum atomic E-state index is -5.08. The number of carboxylic acids is 1. The fraction of sp³-hybridized carbons (Fsp3) is 0.400. The fourth-order valence-electron chi connectivity index (χ4n) is 3.44. The van der Waals surface area contributed by atoms with Crippen LogP contribution in [0.5, 0.6) is 5.75 Å². The minimum Gasteiger partial charge on any atom is -0.497 e. The maximum absolute atomic E-state index is 13.1. The summed E-state index contributed by atoms with van der Waals surface area (Å²) in [6, 6.07) is 17.2. The lowest BCUT2D eigenvalue weighted by Gasteiger charge is -2.29. The number of ether oxygens (including phenoxy) is 1. The van der Waals surface area contributed by atoms with Crippen LogP contribution in [-0.2, 0) is 16.0 Å². The number of alkyl halides is 3. The molecule has 0 aliphatic carbocycles. The normalized spacial score (nSPS) is 13.3. The molecule has 0 atom stereocenters. The van der Waals surface area contributed by atoms with E-state index >= 15 is 0 Å². The van der Waals surface area contributed by atoms with Crippen LogP contribution in [0.25, 0.3) is 0 Å². The molecule has 3 rings (SSSR count). The van der Waals surface area contributed by atoms with Crippen molar-refractivity contribution in [3.63, 3.8) is 0 Å². The van der Waals surface area contributed by atoms with Gasteiger partial charge in [0.15, 0.2) is 0 Å².